The van der Waals surface area contributed by atoms with Crippen molar-refractivity contribution < 1.29 is 13.6 Å². The Kier molecular flexibility index (Phi) is 5.64. The van der Waals surface area contributed by atoms with Crippen molar-refractivity contribution in [3.05, 3.63) is 20.8 Å². The SMILES string of the molecule is CCOP(=O)(OCC)[C@H](N)c1ccc(Br)s1. The summed E-state index contributed by atoms with van der Waals surface area (Å²) in [6.07, 6.45) is 0. The van der Waals surface area contributed by atoms with Gasteiger partial charge in [0.15, 0.2) is 0 Å². The normalized spacial score (nSPS) is 14.0. The lowest BCUT2D eigenvalue weighted by Crippen LogP contribution is -2.13. The molecule has 1 atom stereocenters. The molecule has 0 fully saturated rings. The molecule has 0 saturated carbocycles. The molecular formula is C9H15BrNO3PS. The summed E-state index contributed by atoms with van der Waals surface area (Å²) in [5.41, 5.74) is 5.94. The third-order valence-corrected chi connectivity index (χ3v) is 5.92. The molecule has 0 aromatic carbocycles. The zero-order chi connectivity index (χ0) is 12.2. The molecule has 16 heavy (non-hydrogen) atoms. The molecule has 0 amide bonds. The highest BCUT2D eigenvalue weighted by atomic mass is 79.9. The average Bonchev–Trinajstić information content (AvgIpc) is 2.64. The first-order valence-electron chi connectivity index (χ1n) is 4.93. The van der Waals surface area contributed by atoms with Gasteiger partial charge in [-0.1, -0.05) is 0 Å². The van der Waals surface area contributed by atoms with Crippen molar-refractivity contribution in [1.29, 1.82) is 0 Å². The third-order valence-electron chi connectivity index (χ3n) is 1.84. The number of hydrogen-bond acceptors (Lipinski definition) is 5. The molecule has 0 unspecified atom stereocenters. The van der Waals surface area contributed by atoms with Gasteiger partial charge in [-0.05, 0) is 41.9 Å². The van der Waals surface area contributed by atoms with E-state index in [1.165, 1.54) is 11.3 Å². The first-order valence-corrected chi connectivity index (χ1v) is 8.15. The van der Waals surface area contributed by atoms with Crippen LogP contribution in [-0.4, -0.2) is 13.2 Å². The van der Waals surface area contributed by atoms with Gasteiger partial charge in [0.05, 0.1) is 17.0 Å². The molecule has 0 radical (unpaired) electrons. The van der Waals surface area contributed by atoms with E-state index >= 15 is 0 Å². The van der Waals surface area contributed by atoms with Crippen LogP contribution in [0.15, 0.2) is 15.9 Å². The Balaban J connectivity index is 2.90. The van der Waals surface area contributed by atoms with Crippen molar-refractivity contribution in [2.24, 2.45) is 5.73 Å². The summed E-state index contributed by atoms with van der Waals surface area (Å²) < 4.78 is 23.7. The van der Waals surface area contributed by atoms with Gasteiger partial charge in [-0.25, -0.2) is 0 Å². The molecule has 1 heterocycles. The van der Waals surface area contributed by atoms with Crippen LogP contribution in [-0.2, 0) is 13.6 Å². The minimum atomic E-state index is -3.25. The van der Waals surface area contributed by atoms with Crippen LogP contribution in [0.2, 0.25) is 0 Å². The molecule has 1 aromatic heterocycles. The monoisotopic (exact) mass is 327 g/mol. The molecule has 0 aliphatic heterocycles. The summed E-state index contributed by atoms with van der Waals surface area (Å²) in [5.74, 6) is -0.719. The second kappa shape index (κ2) is 6.28. The minimum absolute atomic E-state index is 0.317. The average molecular weight is 328 g/mol. The second-order valence-corrected chi connectivity index (χ2v) is 7.61. The highest BCUT2D eigenvalue weighted by molar-refractivity contribution is 9.11. The lowest BCUT2D eigenvalue weighted by atomic mass is 10.5. The summed E-state index contributed by atoms with van der Waals surface area (Å²) in [5, 5.41) is 0. The molecule has 7 heteroatoms. The molecule has 1 rings (SSSR count). The fourth-order valence-corrected chi connectivity index (χ4v) is 4.57. The van der Waals surface area contributed by atoms with Crippen LogP contribution in [0.4, 0.5) is 0 Å². The molecule has 2 N–H and O–H groups in total. The van der Waals surface area contributed by atoms with Gasteiger partial charge in [-0.3, -0.25) is 4.57 Å². The van der Waals surface area contributed by atoms with Crippen LogP contribution in [0.25, 0.3) is 0 Å². The largest absolute Gasteiger partial charge is 0.352 e. The second-order valence-electron chi connectivity index (χ2n) is 2.96. The van der Waals surface area contributed by atoms with E-state index in [4.69, 9.17) is 14.8 Å². The van der Waals surface area contributed by atoms with Gasteiger partial charge < -0.3 is 14.8 Å². The molecular weight excluding hydrogens is 313 g/mol. The third kappa shape index (κ3) is 3.39. The van der Waals surface area contributed by atoms with Crippen molar-refractivity contribution in [3.63, 3.8) is 0 Å². The maximum absolute atomic E-state index is 12.3. The fraction of sp³-hybridized carbons (Fsp3) is 0.556. The van der Waals surface area contributed by atoms with E-state index in [2.05, 4.69) is 15.9 Å². The van der Waals surface area contributed by atoms with Crippen LogP contribution in [0.3, 0.4) is 0 Å². The molecule has 0 saturated heterocycles. The molecule has 0 aliphatic carbocycles. The lowest BCUT2D eigenvalue weighted by Gasteiger charge is -2.22. The van der Waals surface area contributed by atoms with E-state index in [1.807, 2.05) is 12.1 Å². The van der Waals surface area contributed by atoms with Crippen molar-refractivity contribution >= 4 is 34.9 Å². The van der Waals surface area contributed by atoms with E-state index in [9.17, 15) is 4.57 Å². The van der Waals surface area contributed by atoms with Gasteiger partial charge in [0, 0.05) is 4.88 Å². The zero-order valence-corrected chi connectivity index (χ0v) is 12.5. The summed E-state index contributed by atoms with van der Waals surface area (Å²) in [6, 6.07) is 3.69. The number of hydrogen-bond donors (Lipinski definition) is 1. The number of halogens is 1. The van der Waals surface area contributed by atoms with Gasteiger partial charge in [0.1, 0.15) is 5.78 Å². The fourth-order valence-electron chi connectivity index (χ4n) is 1.20. The van der Waals surface area contributed by atoms with Gasteiger partial charge >= 0.3 is 7.60 Å². The van der Waals surface area contributed by atoms with Crippen LogP contribution in [0.1, 0.15) is 24.5 Å². The quantitative estimate of drug-likeness (QED) is 0.808. The first kappa shape index (κ1) is 14.4. The maximum atomic E-state index is 12.3. The van der Waals surface area contributed by atoms with E-state index in [1.54, 1.807) is 13.8 Å². The van der Waals surface area contributed by atoms with Crippen LogP contribution in [0, 0.1) is 0 Å². The molecule has 0 aliphatic rings. The Labute approximate surface area is 108 Å². The first-order chi connectivity index (χ1) is 7.53. The summed E-state index contributed by atoms with van der Waals surface area (Å²) >= 11 is 4.77. The zero-order valence-electron chi connectivity index (χ0n) is 9.18. The van der Waals surface area contributed by atoms with Crippen molar-refractivity contribution in [1.82, 2.24) is 0 Å². The van der Waals surface area contributed by atoms with E-state index in [0.29, 0.717) is 13.2 Å². The predicted molar refractivity (Wildman–Crippen MR) is 69.8 cm³/mol. The Hall–Kier alpha value is 0.290. The van der Waals surface area contributed by atoms with Crippen molar-refractivity contribution in [2.45, 2.75) is 19.6 Å². The van der Waals surface area contributed by atoms with Crippen molar-refractivity contribution in [3.8, 4) is 0 Å². The van der Waals surface area contributed by atoms with Gasteiger partial charge in [-0.2, -0.15) is 0 Å². The summed E-state index contributed by atoms with van der Waals surface area (Å²) in [6.45, 7) is 4.17. The Morgan fingerprint density at radius 1 is 1.44 bits per heavy atom. The molecule has 1 aromatic rings. The number of rotatable bonds is 6. The Morgan fingerprint density at radius 3 is 2.38 bits per heavy atom. The van der Waals surface area contributed by atoms with Crippen LogP contribution >= 0.6 is 34.9 Å². The summed E-state index contributed by atoms with van der Waals surface area (Å²) in [7, 11) is -3.25. The summed E-state index contributed by atoms with van der Waals surface area (Å²) in [4.78, 5) is 0.789. The van der Waals surface area contributed by atoms with E-state index in [-0.39, 0.29) is 0 Å². The van der Waals surface area contributed by atoms with E-state index < -0.39 is 13.4 Å². The standard InChI is InChI=1S/C9H15BrNO3PS/c1-3-13-15(12,14-4-2)9(11)7-5-6-8(10)16-7/h5-6,9H,3-4,11H2,1-2H3/t9-/m0/s1. The van der Waals surface area contributed by atoms with E-state index in [0.717, 1.165) is 8.66 Å². The molecule has 0 bridgehead atoms. The smallest absolute Gasteiger partial charge is 0.313 e. The van der Waals surface area contributed by atoms with Gasteiger partial charge in [0.2, 0.25) is 0 Å². The maximum Gasteiger partial charge on any atom is 0.352 e. The minimum Gasteiger partial charge on any atom is -0.313 e. The number of nitrogens with two attached hydrogens (primary N) is 1. The van der Waals surface area contributed by atoms with Gasteiger partial charge in [-0.15, -0.1) is 11.3 Å². The lowest BCUT2D eigenvalue weighted by molar-refractivity contribution is 0.212. The Morgan fingerprint density at radius 2 is 2.00 bits per heavy atom. The van der Waals surface area contributed by atoms with Crippen LogP contribution < -0.4 is 5.73 Å². The van der Waals surface area contributed by atoms with Crippen molar-refractivity contribution in [2.75, 3.05) is 13.2 Å². The van der Waals surface area contributed by atoms with Crippen LogP contribution in [0.5, 0.6) is 0 Å². The molecule has 4 nitrogen and oxygen atoms in total. The predicted octanol–water partition coefficient (Wildman–Crippen LogP) is 3.73. The van der Waals surface area contributed by atoms with Gasteiger partial charge in [0.25, 0.3) is 0 Å². The topological polar surface area (TPSA) is 61.5 Å². The highest BCUT2D eigenvalue weighted by Crippen LogP contribution is 2.59. The highest BCUT2D eigenvalue weighted by Gasteiger charge is 2.34. The Bertz CT molecular complexity index is 375. The molecule has 0 spiro atoms. The molecule has 92 valence electrons. The number of thiophene rings is 1.